The van der Waals surface area contributed by atoms with Crippen molar-refractivity contribution in [2.45, 2.75) is 51.8 Å². The number of hydrogen-bond acceptors (Lipinski definition) is 2. The van der Waals surface area contributed by atoms with Crippen LogP contribution in [0.25, 0.3) is 11.0 Å². The number of nitrogens with one attached hydrogen (secondary N) is 1. The van der Waals surface area contributed by atoms with Crippen LogP contribution in [0.1, 0.15) is 45.0 Å². The molecule has 5 rings (SSSR count). The van der Waals surface area contributed by atoms with Crippen molar-refractivity contribution in [3.05, 3.63) is 136 Å². The highest BCUT2D eigenvalue weighted by atomic mass is 19.4. The minimum absolute atomic E-state index is 0.0550. The predicted octanol–water partition coefficient (Wildman–Crippen LogP) is 8.63. The lowest BCUT2D eigenvalue weighted by molar-refractivity contribution is -0.143. The van der Waals surface area contributed by atoms with Crippen LogP contribution < -0.4 is 5.62 Å². The maximum atomic E-state index is 13.4. The van der Waals surface area contributed by atoms with Crippen molar-refractivity contribution < 1.29 is 31.1 Å². The van der Waals surface area contributed by atoms with Crippen molar-refractivity contribution in [2.75, 3.05) is 6.61 Å². The SMILES string of the molecule is Cc1ccc(C[C@@H](COCc2cc(C(F)(F)F)cc(C(F)(F)F)c2)n2c(=N)n(Cc3ccc(C)cc3)c3ccccc32)cc1. The fourth-order valence-corrected chi connectivity index (χ4v) is 5.30. The van der Waals surface area contributed by atoms with Gasteiger partial charge in [0.05, 0.1) is 48.0 Å². The quantitative estimate of drug-likeness (QED) is 0.167. The number of benzene rings is 4. The lowest BCUT2D eigenvalue weighted by Gasteiger charge is -2.21. The first-order valence-corrected chi connectivity index (χ1v) is 14.0. The van der Waals surface area contributed by atoms with Gasteiger partial charge in [-0.1, -0.05) is 71.8 Å². The summed E-state index contributed by atoms with van der Waals surface area (Å²) in [5.41, 5.74) is 2.92. The summed E-state index contributed by atoms with van der Waals surface area (Å²) >= 11 is 0. The van der Waals surface area contributed by atoms with Gasteiger partial charge in [-0.3, -0.25) is 5.41 Å². The fraction of sp³-hybridized carbons (Fsp3) is 0.265. The third kappa shape index (κ3) is 7.07. The zero-order valence-electron chi connectivity index (χ0n) is 24.1. The number of aryl methyl sites for hydroxylation is 2. The number of imidazole rings is 1. The van der Waals surface area contributed by atoms with Crippen LogP contribution in [0.4, 0.5) is 26.3 Å². The Kier molecular flexibility index (Phi) is 8.74. The zero-order valence-corrected chi connectivity index (χ0v) is 24.1. The fourth-order valence-electron chi connectivity index (χ4n) is 5.30. The van der Waals surface area contributed by atoms with Crippen LogP contribution in [0.2, 0.25) is 0 Å². The van der Waals surface area contributed by atoms with Gasteiger partial charge in [0.25, 0.3) is 0 Å². The van der Waals surface area contributed by atoms with Gasteiger partial charge in [-0.15, -0.1) is 0 Å². The topological polar surface area (TPSA) is 42.9 Å². The predicted molar refractivity (Wildman–Crippen MR) is 156 cm³/mol. The summed E-state index contributed by atoms with van der Waals surface area (Å²) < 4.78 is 90.1. The third-order valence-electron chi connectivity index (χ3n) is 7.56. The van der Waals surface area contributed by atoms with Crippen molar-refractivity contribution in [3.8, 4) is 0 Å². The van der Waals surface area contributed by atoms with E-state index in [0.29, 0.717) is 25.1 Å². The molecule has 0 fully saturated rings. The van der Waals surface area contributed by atoms with E-state index in [0.717, 1.165) is 33.3 Å². The van der Waals surface area contributed by atoms with E-state index in [9.17, 15) is 31.8 Å². The second-order valence-electron chi connectivity index (χ2n) is 11.0. The van der Waals surface area contributed by atoms with E-state index in [2.05, 4.69) is 0 Å². The van der Waals surface area contributed by atoms with Crippen molar-refractivity contribution in [1.82, 2.24) is 9.13 Å². The molecular weight excluding hydrogens is 580 g/mol. The number of para-hydroxylation sites is 2. The summed E-state index contributed by atoms with van der Waals surface area (Å²) in [6, 6.07) is 24.4. The summed E-state index contributed by atoms with van der Waals surface area (Å²) in [7, 11) is 0. The van der Waals surface area contributed by atoms with Crippen LogP contribution in [0.15, 0.2) is 91.0 Å². The largest absolute Gasteiger partial charge is 0.416 e. The van der Waals surface area contributed by atoms with Crippen LogP contribution >= 0.6 is 0 Å². The van der Waals surface area contributed by atoms with Crippen LogP contribution in [0.3, 0.4) is 0 Å². The Labute approximate surface area is 250 Å². The minimum Gasteiger partial charge on any atom is -0.375 e. The molecule has 1 atom stereocenters. The summed E-state index contributed by atoms with van der Waals surface area (Å²) in [5, 5.41) is 9.21. The molecule has 4 aromatic carbocycles. The number of rotatable bonds is 9. The highest BCUT2D eigenvalue weighted by molar-refractivity contribution is 5.76. The number of halogens is 6. The number of nitrogens with zero attached hydrogens (tertiary/aromatic N) is 2. The maximum absolute atomic E-state index is 13.4. The third-order valence-corrected chi connectivity index (χ3v) is 7.56. The molecule has 0 saturated carbocycles. The van der Waals surface area contributed by atoms with E-state index in [1.165, 1.54) is 0 Å². The van der Waals surface area contributed by atoms with Crippen molar-refractivity contribution in [2.24, 2.45) is 0 Å². The molecule has 44 heavy (non-hydrogen) atoms. The van der Waals surface area contributed by atoms with Crippen LogP contribution in [-0.2, 0) is 36.7 Å². The molecule has 5 aromatic rings. The Morgan fingerprint density at radius 2 is 1.20 bits per heavy atom. The summed E-state index contributed by atoms with van der Waals surface area (Å²) in [4.78, 5) is 0. The molecule has 230 valence electrons. The molecule has 1 aromatic heterocycles. The van der Waals surface area contributed by atoms with Crippen molar-refractivity contribution >= 4 is 11.0 Å². The maximum Gasteiger partial charge on any atom is 0.416 e. The zero-order chi connectivity index (χ0) is 31.6. The van der Waals surface area contributed by atoms with Gasteiger partial charge in [-0.05, 0) is 67.3 Å². The van der Waals surface area contributed by atoms with Gasteiger partial charge in [0.1, 0.15) is 0 Å². The van der Waals surface area contributed by atoms with E-state index >= 15 is 0 Å². The molecule has 0 aliphatic carbocycles. The van der Waals surface area contributed by atoms with E-state index in [4.69, 9.17) is 4.74 Å². The van der Waals surface area contributed by atoms with Gasteiger partial charge in [0.2, 0.25) is 5.62 Å². The van der Waals surface area contributed by atoms with Crippen LogP contribution in [0, 0.1) is 19.3 Å². The van der Waals surface area contributed by atoms with Gasteiger partial charge >= 0.3 is 12.4 Å². The number of fused-ring (bicyclic) bond motifs is 1. The summed E-state index contributed by atoms with van der Waals surface area (Å²) in [6.45, 7) is 3.88. The van der Waals surface area contributed by atoms with E-state index in [1.807, 2.05) is 95.8 Å². The highest BCUT2D eigenvalue weighted by Crippen LogP contribution is 2.36. The van der Waals surface area contributed by atoms with Gasteiger partial charge in [-0.25, -0.2) is 0 Å². The molecule has 10 heteroatoms. The molecular formula is C34H31F6N3O. The Balaban J connectivity index is 1.50. The molecule has 1 heterocycles. The average Bonchev–Trinajstić information content (AvgIpc) is 3.24. The second-order valence-corrected chi connectivity index (χ2v) is 11.0. The molecule has 0 bridgehead atoms. The number of aromatic nitrogens is 2. The molecule has 0 radical (unpaired) electrons. The molecule has 0 aliphatic heterocycles. The Bertz CT molecular complexity index is 1770. The monoisotopic (exact) mass is 611 g/mol. The molecule has 0 aliphatic rings. The average molecular weight is 612 g/mol. The van der Waals surface area contributed by atoms with E-state index < -0.39 is 36.1 Å². The highest BCUT2D eigenvalue weighted by Gasteiger charge is 2.37. The normalized spacial score (nSPS) is 13.0. The second kappa shape index (κ2) is 12.4. The smallest absolute Gasteiger partial charge is 0.375 e. The lowest BCUT2D eigenvalue weighted by Crippen LogP contribution is -2.31. The van der Waals surface area contributed by atoms with E-state index in [1.54, 1.807) is 0 Å². The lowest BCUT2D eigenvalue weighted by atomic mass is 10.0. The molecule has 4 nitrogen and oxygen atoms in total. The van der Waals surface area contributed by atoms with Crippen molar-refractivity contribution in [1.29, 1.82) is 5.41 Å². The first-order valence-electron chi connectivity index (χ1n) is 14.0. The first kappa shape index (κ1) is 31.1. The Hall–Kier alpha value is -4.31. The minimum atomic E-state index is -4.95. The van der Waals surface area contributed by atoms with Gasteiger partial charge in [0.15, 0.2) is 0 Å². The molecule has 0 saturated heterocycles. The number of ether oxygens (including phenoxy) is 1. The molecule has 0 amide bonds. The standard InChI is InChI=1S/C34H31F6N3O/c1-22-7-11-24(12-8-22)17-29(21-44-20-26-15-27(33(35,36)37)18-28(16-26)34(38,39)40)43-31-6-4-3-5-30(31)42(32(43)41)19-25-13-9-23(2)10-14-25/h3-16,18,29,41H,17,19-21H2,1-2H3/t29-/m0/s1. The Morgan fingerprint density at radius 1 is 0.682 bits per heavy atom. The first-order chi connectivity index (χ1) is 20.8. The number of hydrogen-bond donors (Lipinski definition) is 1. The summed E-state index contributed by atoms with van der Waals surface area (Å²) in [5.74, 6) is 0. The van der Waals surface area contributed by atoms with Gasteiger partial charge in [0, 0.05) is 0 Å². The van der Waals surface area contributed by atoms with Gasteiger partial charge in [-0.2, -0.15) is 26.3 Å². The molecule has 0 spiro atoms. The number of alkyl halides is 6. The summed E-state index contributed by atoms with van der Waals surface area (Å²) in [6.07, 6.45) is -9.47. The van der Waals surface area contributed by atoms with Gasteiger partial charge < -0.3 is 13.9 Å². The molecule has 1 N–H and O–H groups in total. The molecule has 0 unspecified atom stereocenters. The van der Waals surface area contributed by atoms with Crippen LogP contribution in [0.5, 0.6) is 0 Å². The van der Waals surface area contributed by atoms with Crippen molar-refractivity contribution in [3.63, 3.8) is 0 Å². The Morgan fingerprint density at radius 3 is 1.75 bits per heavy atom. The van der Waals surface area contributed by atoms with E-state index in [-0.39, 0.29) is 23.9 Å². The van der Waals surface area contributed by atoms with Crippen LogP contribution in [-0.4, -0.2) is 15.7 Å².